The molecule has 4 nitrogen and oxygen atoms in total. The second kappa shape index (κ2) is 5.26. The predicted octanol–water partition coefficient (Wildman–Crippen LogP) is 1.99. The van der Waals surface area contributed by atoms with Crippen molar-refractivity contribution in [2.24, 2.45) is 7.05 Å². The van der Waals surface area contributed by atoms with Crippen LogP contribution in [0.4, 0.5) is 0 Å². The van der Waals surface area contributed by atoms with E-state index in [1.165, 1.54) is 0 Å². The maximum absolute atomic E-state index is 12.4. The summed E-state index contributed by atoms with van der Waals surface area (Å²) in [5, 5.41) is 3.33. The monoisotopic (exact) mass is 258 g/mol. The summed E-state index contributed by atoms with van der Waals surface area (Å²) in [6, 6.07) is 5.69. The highest BCUT2D eigenvalue weighted by atomic mass is 16.2. The number of fused-ring (bicyclic) bond motifs is 1. The van der Waals surface area contributed by atoms with E-state index in [4.69, 9.17) is 0 Å². The van der Waals surface area contributed by atoms with Crippen molar-refractivity contribution in [2.45, 2.75) is 20.3 Å². The molecule has 2 aromatic rings. The van der Waals surface area contributed by atoms with Crippen LogP contribution in [0.25, 0.3) is 10.9 Å². The van der Waals surface area contributed by atoms with E-state index < -0.39 is 0 Å². The largest absolute Gasteiger partial charge is 0.352 e. The quantitative estimate of drug-likeness (QED) is 0.915. The summed E-state index contributed by atoms with van der Waals surface area (Å²) in [6.45, 7) is 4.48. The SMILES string of the molecule is CCCNC(=O)c1cn(C)c2ccc(C)cc2c1=O. The Hall–Kier alpha value is -2.10. The lowest BCUT2D eigenvalue weighted by molar-refractivity contribution is 0.0952. The number of aromatic nitrogens is 1. The summed E-state index contributed by atoms with van der Waals surface area (Å²) in [5.74, 6) is -0.300. The van der Waals surface area contributed by atoms with E-state index in [1.807, 2.05) is 43.7 Å². The number of hydrogen-bond donors (Lipinski definition) is 1. The smallest absolute Gasteiger partial charge is 0.256 e. The number of pyridine rings is 1. The van der Waals surface area contributed by atoms with Crippen molar-refractivity contribution in [3.8, 4) is 0 Å². The van der Waals surface area contributed by atoms with Crippen LogP contribution in [0.5, 0.6) is 0 Å². The highest BCUT2D eigenvalue weighted by molar-refractivity contribution is 5.97. The van der Waals surface area contributed by atoms with Gasteiger partial charge in [0.05, 0.1) is 5.52 Å². The molecule has 0 atom stereocenters. The zero-order valence-corrected chi connectivity index (χ0v) is 11.5. The third-order valence-corrected chi connectivity index (χ3v) is 3.12. The van der Waals surface area contributed by atoms with Gasteiger partial charge in [-0.3, -0.25) is 9.59 Å². The minimum absolute atomic E-state index is 0.203. The van der Waals surface area contributed by atoms with Crippen molar-refractivity contribution in [3.63, 3.8) is 0 Å². The first kappa shape index (κ1) is 13.3. The molecule has 0 fully saturated rings. The molecule has 19 heavy (non-hydrogen) atoms. The fourth-order valence-electron chi connectivity index (χ4n) is 2.10. The Labute approximate surface area is 112 Å². The van der Waals surface area contributed by atoms with Crippen molar-refractivity contribution in [1.82, 2.24) is 9.88 Å². The summed E-state index contributed by atoms with van der Waals surface area (Å²) >= 11 is 0. The zero-order valence-electron chi connectivity index (χ0n) is 11.5. The number of benzene rings is 1. The van der Waals surface area contributed by atoms with Gasteiger partial charge in [-0.15, -0.1) is 0 Å². The minimum Gasteiger partial charge on any atom is -0.352 e. The van der Waals surface area contributed by atoms with Gasteiger partial charge in [0.25, 0.3) is 5.91 Å². The van der Waals surface area contributed by atoms with Gasteiger partial charge in [0, 0.05) is 25.2 Å². The predicted molar refractivity (Wildman–Crippen MR) is 76.6 cm³/mol. The first-order chi connectivity index (χ1) is 9.04. The van der Waals surface area contributed by atoms with Crippen LogP contribution in [0.1, 0.15) is 29.3 Å². The molecule has 1 aromatic carbocycles. The lowest BCUT2D eigenvalue weighted by atomic mass is 10.1. The first-order valence-corrected chi connectivity index (χ1v) is 6.42. The average molecular weight is 258 g/mol. The normalized spacial score (nSPS) is 10.7. The third-order valence-electron chi connectivity index (χ3n) is 3.12. The molecule has 0 saturated heterocycles. The minimum atomic E-state index is -0.300. The molecule has 1 N–H and O–H groups in total. The van der Waals surface area contributed by atoms with Gasteiger partial charge in [-0.25, -0.2) is 0 Å². The van der Waals surface area contributed by atoms with Crippen molar-refractivity contribution >= 4 is 16.8 Å². The second-order valence-corrected chi connectivity index (χ2v) is 4.76. The number of carbonyl (C=O) groups is 1. The molecule has 0 radical (unpaired) electrons. The van der Waals surface area contributed by atoms with Crippen LogP contribution in [0, 0.1) is 6.92 Å². The van der Waals surface area contributed by atoms with Crippen LogP contribution < -0.4 is 10.7 Å². The number of nitrogens with zero attached hydrogens (tertiary/aromatic N) is 1. The molecule has 0 saturated carbocycles. The zero-order chi connectivity index (χ0) is 14.0. The maximum atomic E-state index is 12.4. The van der Waals surface area contributed by atoms with Crippen LogP contribution in [0.2, 0.25) is 0 Å². The van der Waals surface area contributed by atoms with Crippen LogP contribution >= 0.6 is 0 Å². The average Bonchev–Trinajstić information content (AvgIpc) is 2.40. The van der Waals surface area contributed by atoms with Crippen LogP contribution in [0.15, 0.2) is 29.2 Å². The summed E-state index contributed by atoms with van der Waals surface area (Å²) in [5.41, 5.74) is 1.85. The van der Waals surface area contributed by atoms with E-state index in [-0.39, 0.29) is 16.9 Å². The fourth-order valence-corrected chi connectivity index (χ4v) is 2.10. The number of rotatable bonds is 3. The molecule has 1 amide bonds. The van der Waals surface area contributed by atoms with Crippen molar-refractivity contribution in [2.75, 3.05) is 6.54 Å². The van der Waals surface area contributed by atoms with Gasteiger partial charge >= 0.3 is 0 Å². The Morgan fingerprint density at radius 2 is 2.11 bits per heavy atom. The first-order valence-electron chi connectivity index (χ1n) is 6.42. The van der Waals surface area contributed by atoms with Gasteiger partial charge in [0.1, 0.15) is 5.56 Å². The van der Waals surface area contributed by atoms with E-state index >= 15 is 0 Å². The molecule has 0 bridgehead atoms. The second-order valence-electron chi connectivity index (χ2n) is 4.76. The Morgan fingerprint density at radius 3 is 2.79 bits per heavy atom. The number of amides is 1. The lowest BCUT2D eigenvalue weighted by Gasteiger charge is -2.09. The van der Waals surface area contributed by atoms with Crippen molar-refractivity contribution in [1.29, 1.82) is 0 Å². The van der Waals surface area contributed by atoms with Crippen molar-refractivity contribution in [3.05, 3.63) is 45.7 Å². The molecule has 2 rings (SSSR count). The van der Waals surface area contributed by atoms with Crippen LogP contribution in [0.3, 0.4) is 0 Å². The topological polar surface area (TPSA) is 51.1 Å². The molecular weight excluding hydrogens is 240 g/mol. The maximum Gasteiger partial charge on any atom is 0.256 e. The molecule has 0 spiro atoms. The van der Waals surface area contributed by atoms with E-state index in [0.717, 1.165) is 17.5 Å². The van der Waals surface area contributed by atoms with Crippen LogP contribution in [-0.4, -0.2) is 17.0 Å². The molecule has 0 aliphatic carbocycles. The van der Waals surface area contributed by atoms with Gasteiger partial charge in [0.15, 0.2) is 0 Å². The van der Waals surface area contributed by atoms with E-state index in [1.54, 1.807) is 6.20 Å². The highest BCUT2D eigenvalue weighted by Crippen LogP contribution is 2.12. The van der Waals surface area contributed by atoms with E-state index in [0.29, 0.717) is 11.9 Å². The van der Waals surface area contributed by atoms with Gasteiger partial charge < -0.3 is 9.88 Å². The molecular formula is C15H18N2O2. The Kier molecular flexibility index (Phi) is 3.69. The van der Waals surface area contributed by atoms with Gasteiger partial charge in [-0.2, -0.15) is 0 Å². The number of hydrogen-bond acceptors (Lipinski definition) is 2. The highest BCUT2D eigenvalue weighted by Gasteiger charge is 2.13. The Balaban J connectivity index is 2.61. The lowest BCUT2D eigenvalue weighted by Crippen LogP contribution is -2.30. The van der Waals surface area contributed by atoms with Crippen LogP contribution in [-0.2, 0) is 7.05 Å². The summed E-state index contributed by atoms with van der Waals surface area (Å²) in [7, 11) is 1.84. The summed E-state index contributed by atoms with van der Waals surface area (Å²) in [4.78, 5) is 24.3. The molecule has 0 aliphatic rings. The molecule has 1 aromatic heterocycles. The Bertz CT molecular complexity index is 686. The molecule has 0 aliphatic heterocycles. The van der Waals surface area contributed by atoms with Gasteiger partial charge in [-0.05, 0) is 25.5 Å². The number of aryl methyl sites for hydroxylation is 2. The number of carbonyl (C=O) groups excluding carboxylic acids is 1. The van der Waals surface area contributed by atoms with Gasteiger partial charge in [-0.1, -0.05) is 18.6 Å². The van der Waals surface area contributed by atoms with E-state index in [2.05, 4.69) is 5.32 Å². The summed E-state index contributed by atoms with van der Waals surface area (Å²) < 4.78 is 1.82. The molecule has 4 heteroatoms. The van der Waals surface area contributed by atoms with Crippen molar-refractivity contribution < 1.29 is 4.79 Å². The molecule has 0 unspecified atom stereocenters. The molecule has 1 heterocycles. The summed E-state index contributed by atoms with van der Waals surface area (Å²) in [6.07, 6.45) is 2.45. The standard InChI is InChI=1S/C15H18N2O2/c1-4-7-16-15(19)12-9-17(3)13-6-5-10(2)8-11(13)14(12)18/h5-6,8-9H,4,7H2,1-3H3,(H,16,19). The fraction of sp³-hybridized carbons (Fsp3) is 0.333. The van der Waals surface area contributed by atoms with E-state index in [9.17, 15) is 9.59 Å². The third kappa shape index (κ3) is 2.52. The molecule has 100 valence electrons. The number of nitrogens with one attached hydrogen (secondary N) is 1. The van der Waals surface area contributed by atoms with Gasteiger partial charge in [0.2, 0.25) is 5.43 Å². The Morgan fingerprint density at radius 1 is 1.37 bits per heavy atom.